The van der Waals surface area contributed by atoms with Crippen LogP contribution in [0.5, 0.6) is 0 Å². The number of rotatable bonds is 3. The highest BCUT2D eigenvalue weighted by atomic mass is 16.7. The number of aryl methyl sites for hydroxylation is 1. The number of benzene rings is 1. The van der Waals surface area contributed by atoms with Gasteiger partial charge in [0.2, 0.25) is 0 Å². The van der Waals surface area contributed by atoms with Gasteiger partial charge in [-0.25, -0.2) is 0 Å². The van der Waals surface area contributed by atoms with Crippen LogP contribution in [-0.2, 0) is 9.47 Å². The molecule has 1 aliphatic heterocycles. The lowest BCUT2D eigenvalue weighted by atomic mass is 10.0. The summed E-state index contributed by atoms with van der Waals surface area (Å²) in [7, 11) is 0. The van der Waals surface area contributed by atoms with Crippen molar-refractivity contribution >= 4 is 0 Å². The molecule has 1 saturated heterocycles. The third-order valence-corrected chi connectivity index (χ3v) is 2.65. The van der Waals surface area contributed by atoms with Crippen LogP contribution in [0.4, 0.5) is 0 Å². The van der Waals surface area contributed by atoms with Crippen LogP contribution in [0.25, 0.3) is 0 Å². The number of hydrogen-bond donors (Lipinski definition) is 1. The number of hydrogen-bond acceptors (Lipinski definition) is 3. The van der Waals surface area contributed by atoms with Crippen molar-refractivity contribution in [3.63, 3.8) is 0 Å². The van der Waals surface area contributed by atoms with E-state index in [-0.39, 0.29) is 6.29 Å². The lowest BCUT2D eigenvalue weighted by Gasteiger charge is -2.16. The van der Waals surface area contributed by atoms with E-state index in [0.29, 0.717) is 19.6 Å². The van der Waals surface area contributed by atoms with E-state index < -0.39 is 6.10 Å². The summed E-state index contributed by atoms with van der Waals surface area (Å²) in [5.41, 5.74) is 2.06. The number of ether oxygens (including phenoxy) is 2. The molecule has 82 valence electrons. The average molecular weight is 208 g/mol. The molecule has 3 nitrogen and oxygen atoms in total. The summed E-state index contributed by atoms with van der Waals surface area (Å²) in [6, 6.07) is 7.83. The lowest BCUT2D eigenvalue weighted by Crippen LogP contribution is -2.13. The third-order valence-electron chi connectivity index (χ3n) is 2.65. The Labute approximate surface area is 89.6 Å². The summed E-state index contributed by atoms with van der Waals surface area (Å²) in [6.07, 6.45) is -0.251. The topological polar surface area (TPSA) is 38.7 Å². The van der Waals surface area contributed by atoms with Crippen molar-refractivity contribution in [2.24, 2.45) is 0 Å². The second-order valence-corrected chi connectivity index (χ2v) is 3.78. The van der Waals surface area contributed by atoms with Crippen molar-refractivity contribution in [3.05, 3.63) is 35.4 Å². The van der Waals surface area contributed by atoms with Crippen LogP contribution in [0.2, 0.25) is 0 Å². The molecule has 1 aromatic carbocycles. The standard InChI is InChI=1S/C12H16O3/c1-9-4-2-3-5-10(9)11(13)8-12-14-6-7-15-12/h2-5,11-13H,6-8H2,1H3. The van der Waals surface area contributed by atoms with Crippen LogP contribution in [0.1, 0.15) is 23.7 Å². The van der Waals surface area contributed by atoms with E-state index in [2.05, 4.69) is 0 Å². The highest BCUT2D eigenvalue weighted by Gasteiger charge is 2.21. The zero-order valence-corrected chi connectivity index (χ0v) is 8.85. The Morgan fingerprint density at radius 1 is 1.33 bits per heavy atom. The predicted molar refractivity (Wildman–Crippen MR) is 56.4 cm³/mol. The van der Waals surface area contributed by atoms with E-state index in [0.717, 1.165) is 11.1 Å². The van der Waals surface area contributed by atoms with Crippen molar-refractivity contribution in [1.82, 2.24) is 0 Å². The normalized spacial score (nSPS) is 19.3. The van der Waals surface area contributed by atoms with Gasteiger partial charge in [0.15, 0.2) is 6.29 Å². The molecule has 0 radical (unpaired) electrons. The number of aliphatic hydroxyl groups is 1. The molecule has 2 rings (SSSR count). The van der Waals surface area contributed by atoms with Gasteiger partial charge in [0.05, 0.1) is 19.3 Å². The maximum absolute atomic E-state index is 10.0. The molecule has 0 bridgehead atoms. The first kappa shape index (κ1) is 10.6. The summed E-state index contributed by atoms with van der Waals surface area (Å²) in [5.74, 6) is 0. The molecule has 1 fully saturated rings. The Bertz CT molecular complexity index is 318. The van der Waals surface area contributed by atoms with E-state index in [1.54, 1.807) is 0 Å². The Hall–Kier alpha value is -0.900. The molecule has 1 aliphatic rings. The first-order chi connectivity index (χ1) is 7.27. The highest BCUT2D eigenvalue weighted by Crippen LogP contribution is 2.24. The molecule has 1 atom stereocenters. The molecule has 1 heterocycles. The molecule has 1 unspecified atom stereocenters. The molecule has 0 aliphatic carbocycles. The number of aliphatic hydroxyl groups excluding tert-OH is 1. The lowest BCUT2D eigenvalue weighted by molar-refractivity contribution is -0.0708. The fraction of sp³-hybridized carbons (Fsp3) is 0.500. The SMILES string of the molecule is Cc1ccccc1C(O)CC1OCCO1. The molecule has 15 heavy (non-hydrogen) atoms. The minimum atomic E-state index is -0.505. The van der Waals surface area contributed by atoms with E-state index in [1.165, 1.54) is 0 Å². The predicted octanol–water partition coefficient (Wildman–Crippen LogP) is 1.79. The van der Waals surface area contributed by atoms with Gasteiger partial charge >= 0.3 is 0 Å². The minimum absolute atomic E-state index is 0.250. The van der Waals surface area contributed by atoms with Gasteiger partial charge in [-0.05, 0) is 18.1 Å². The van der Waals surface area contributed by atoms with Gasteiger partial charge < -0.3 is 14.6 Å². The summed E-state index contributed by atoms with van der Waals surface area (Å²) >= 11 is 0. The van der Waals surface area contributed by atoms with Crippen molar-refractivity contribution in [1.29, 1.82) is 0 Å². The van der Waals surface area contributed by atoms with E-state index in [1.807, 2.05) is 31.2 Å². The maximum Gasteiger partial charge on any atom is 0.160 e. The van der Waals surface area contributed by atoms with Gasteiger partial charge in [0.1, 0.15) is 0 Å². The van der Waals surface area contributed by atoms with Crippen LogP contribution in [0.3, 0.4) is 0 Å². The van der Waals surface area contributed by atoms with E-state index >= 15 is 0 Å². The highest BCUT2D eigenvalue weighted by molar-refractivity contribution is 5.27. The second-order valence-electron chi connectivity index (χ2n) is 3.78. The fourth-order valence-corrected chi connectivity index (χ4v) is 1.81. The van der Waals surface area contributed by atoms with Crippen LogP contribution < -0.4 is 0 Å². The van der Waals surface area contributed by atoms with Gasteiger partial charge in [-0.2, -0.15) is 0 Å². The smallest absolute Gasteiger partial charge is 0.160 e. The van der Waals surface area contributed by atoms with Crippen molar-refractivity contribution < 1.29 is 14.6 Å². The molecule has 0 spiro atoms. The molecule has 3 heteroatoms. The summed E-state index contributed by atoms with van der Waals surface area (Å²) in [4.78, 5) is 0. The van der Waals surface area contributed by atoms with Crippen LogP contribution in [-0.4, -0.2) is 24.6 Å². The van der Waals surface area contributed by atoms with Crippen molar-refractivity contribution in [2.45, 2.75) is 25.7 Å². The minimum Gasteiger partial charge on any atom is -0.388 e. The maximum atomic E-state index is 10.0. The van der Waals surface area contributed by atoms with Gasteiger partial charge in [0.25, 0.3) is 0 Å². The zero-order chi connectivity index (χ0) is 10.7. The summed E-state index contributed by atoms with van der Waals surface area (Å²) < 4.78 is 10.6. The molecule has 0 saturated carbocycles. The third kappa shape index (κ3) is 2.56. The average Bonchev–Trinajstić information content (AvgIpc) is 2.71. The quantitative estimate of drug-likeness (QED) is 0.823. The Morgan fingerprint density at radius 2 is 2.00 bits per heavy atom. The van der Waals surface area contributed by atoms with E-state index in [4.69, 9.17) is 9.47 Å². The van der Waals surface area contributed by atoms with Gasteiger partial charge in [-0.1, -0.05) is 24.3 Å². The van der Waals surface area contributed by atoms with Crippen LogP contribution in [0, 0.1) is 6.92 Å². The zero-order valence-electron chi connectivity index (χ0n) is 8.85. The molecule has 0 amide bonds. The summed E-state index contributed by atoms with van der Waals surface area (Å²) in [6.45, 7) is 3.26. The largest absolute Gasteiger partial charge is 0.388 e. The molecular weight excluding hydrogens is 192 g/mol. The van der Waals surface area contributed by atoms with Crippen molar-refractivity contribution in [3.8, 4) is 0 Å². The monoisotopic (exact) mass is 208 g/mol. The van der Waals surface area contributed by atoms with Crippen molar-refractivity contribution in [2.75, 3.05) is 13.2 Å². The van der Waals surface area contributed by atoms with Crippen LogP contribution >= 0.6 is 0 Å². The Kier molecular flexibility index (Phi) is 3.36. The van der Waals surface area contributed by atoms with Crippen LogP contribution in [0.15, 0.2) is 24.3 Å². The summed E-state index contributed by atoms with van der Waals surface area (Å²) in [5, 5.41) is 10.0. The molecule has 0 aromatic heterocycles. The molecule has 1 N–H and O–H groups in total. The van der Waals surface area contributed by atoms with Gasteiger partial charge in [0, 0.05) is 6.42 Å². The molecule has 1 aromatic rings. The first-order valence-corrected chi connectivity index (χ1v) is 5.24. The first-order valence-electron chi connectivity index (χ1n) is 5.24. The fourth-order valence-electron chi connectivity index (χ4n) is 1.81. The second kappa shape index (κ2) is 4.75. The van der Waals surface area contributed by atoms with Gasteiger partial charge in [-0.3, -0.25) is 0 Å². The van der Waals surface area contributed by atoms with E-state index in [9.17, 15) is 5.11 Å². The molecular formula is C12H16O3. The Balaban J connectivity index is 2.00. The Morgan fingerprint density at radius 3 is 2.67 bits per heavy atom. The van der Waals surface area contributed by atoms with Gasteiger partial charge in [-0.15, -0.1) is 0 Å².